The zero-order valence-electron chi connectivity index (χ0n) is 41.8. The maximum Gasteiger partial charge on any atom is 0.310 e. The Hall–Kier alpha value is -3.44. The molecule has 0 radical (unpaired) electrons. The van der Waals surface area contributed by atoms with Gasteiger partial charge in [-0.25, -0.2) is 0 Å². The van der Waals surface area contributed by atoms with Crippen molar-refractivity contribution < 1.29 is 23.8 Å². The molecule has 5 nitrogen and oxygen atoms in total. The first-order chi connectivity index (χ1) is 31.6. The Bertz CT molecular complexity index is 1280. The predicted molar refractivity (Wildman–Crippen MR) is 279 cm³/mol. The highest BCUT2D eigenvalue weighted by Crippen LogP contribution is 2.14. The SMILES string of the molecule is CC/C=C\C/C=C\C/C=C\C/C=C\C/C=C\CC(=O)OC(COCCCCCCCCCCCCCCCCCC)COC(=O)CCCCCC/C=C\C/C=C\C/C=C\C/C=C\CC. The highest BCUT2D eigenvalue weighted by molar-refractivity contribution is 5.71. The van der Waals surface area contributed by atoms with E-state index in [1.165, 1.54) is 89.9 Å². The third-order valence-corrected chi connectivity index (χ3v) is 10.8. The van der Waals surface area contributed by atoms with E-state index in [4.69, 9.17) is 14.2 Å². The molecule has 0 N–H and O–H groups in total. The molecule has 0 bridgehead atoms. The molecule has 0 aliphatic carbocycles. The summed E-state index contributed by atoms with van der Waals surface area (Å²) in [6.07, 6.45) is 74.1. The summed E-state index contributed by atoms with van der Waals surface area (Å²) < 4.78 is 17.3. The maximum absolute atomic E-state index is 12.8. The molecule has 0 heterocycles. The quantitative estimate of drug-likeness (QED) is 0.0346. The van der Waals surface area contributed by atoms with Gasteiger partial charge < -0.3 is 14.2 Å². The van der Waals surface area contributed by atoms with Gasteiger partial charge in [-0.1, -0.05) is 239 Å². The van der Waals surface area contributed by atoms with Crippen LogP contribution in [0.15, 0.2) is 109 Å². The van der Waals surface area contributed by atoms with E-state index in [1.54, 1.807) is 0 Å². The van der Waals surface area contributed by atoms with E-state index in [-0.39, 0.29) is 31.6 Å². The zero-order chi connectivity index (χ0) is 46.3. The smallest absolute Gasteiger partial charge is 0.310 e. The molecule has 364 valence electrons. The average Bonchev–Trinajstić information content (AvgIpc) is 3.30. The lowest BCUT2D eigenvalue weighted by atomic mass is 10.0. The van der Waals surface area contributed by atoms with Gasteiger partial charge in [0, 0.05) is 13.0 Å². The highest BCUT2D eigenvalue weighted by atomic mass is 16.6. The van der Waals surface area contributed by atoms with Crippen LogP contribution in [0, 0.1) is 0 Å². The van der Waals surface area contributed by atoms with Gasteiger partial charge in [-0.2, -0.15) is 0 Å². The molecule has 0 aliphatic heterocycles. The number of hydrogen-bond donors (Lipinski definition) is 0. The van der Waals surface area contributed by atoms with E-state index in [0.717, 1.165) is 103 Å². The molecule has 0 aliphatic rings. The lowest BCUT2D eigenvalue weighted by molar-refractivity contribution is -0.162. The summed E-state index contributed by atoms with van der Waals surface area (Å²) in [5.74, 6) is -0.572. The molecule has 64 heavy (non-hydrogen) atoms. The fraction of sp³-hybridized carbons (Fsp3) is 0.661. The number of ether oxygens (including phenoxy) is 3. The minimum absolute atomic E-state index is 0.0288. The highest BCUT2D eigenvalue weighted by Gasteiger charge is 2.17. The van der Waals surface area contributed by atoms with Crippen molar-refractivity contribution in [3.05, 3.63) is 109 Å². The minimum Gasteiger partial charge on any atom is -0.462 e. The third-order valence-electron chi connectivity index (χ3n) is 10.8. The van der Waals surface area contributed by atoms with Gasteiger partial charge in [-0.15, -0.1) is 0 Å². The van der Waals surface area contributed by atoms with Crippen molar-refractivity contribution >= 4 is 11.9 Å². The molecule has 0 saturated heterocycles. The van der Waals surface area contributed by atoms with Crippen LogP contribution < -0.4 is 0 Å². The Kier molecular flexibility index (Phi) is 51.0. The monoisotopic (exact) mass is 887 g/mol. The van der Waals surface area contributed by atoms with Crippen LogP contribution >= 0.6 is 0 Å². The molecule has 0 aromatic rings. The van der Waals surface area contributed by atoms with Crippen molar-refractivity contribution in [2.45, 2.75) is 232 Å². The first-order valence-electron chi connectivity index (χ1n) is 26.4. The van der Waals surface area contributed by atoms with Crippen LogP contribution in [0.1, 0.15) is 226 Å². The molecule has 0 amide bonds. The second kappa shape index (κ2) is 53.9. The van der Waals surface area contributed by atoms with Crippen LogP contribution in [0.4, 0.5) is 0 Å². The topological polar surface area (TPSA) is 61.8 Å². The van der Waals surface area contributed by atoms with Gasteiger partial charge in [0.15, 0.2) is 6.10 Å². The largest absolute Gasteiger partial charge is 0.462 e. The summed E-state index contributed by atoms with van der Waals surface area (Å²) in [6.45, 7) is 7.48. The molecule has 0 aromatic heterocycles. The average molecular weight is 887 g/mol. The molecule has 1 atom stereocenters. The number of hydrogen-bond acceptors (Lipinski definition) is 5. The summed E-state index contributed by atoms with van der Waals surface area (Å²) in [5.41, 5.74) is 0. The number of allylic oxidation sites excluding steroid dienone is 17. The van der Waals surface area contributed by atoms with Gasteiger partial charge in [0.25, 0.3) is 0 Å². The van der Waals surface area contributed by atoms with Gasteiger partial charge in [-0.05, 0) is 83.5 Å². The van der Waals surface area contributed by atoms with Crippen LogP contribution in [0.25, 0.3) is 0 Å². The molecular weight excluding hydrogens is 789 g/mol. The molecule has 0 aromatic carbocycles. The predicted octanol–water partition coefficient (Wildman–Crippen LogP) is 18.0. The lowest BCUT2D eigenvalue weighted by Gasteiger charge is -2.18. The van der Waals surface area contributed by atoms with Gasteiger partial charge in [0.2, 0.25) is 0 Å². The molecular formula is C59H98O5. The number of unbranched alkanes of at least 4 members (excludes halogenated alkanes) is 19. The van der Waals surface area contributed by atoms with Crippen LogP contribution in [0.3, 0.4) is 0 Å². The summed E-state index contributed by atoms with van der Waals surface area (Å²) in [7, 11) is 0. The summed E-state index contributed by atoms with van der Waals surface area (Å²) in [6, 6.07) is 0. The van der Waals surface area contributed by atoms with E-state index in [2.05, 4.69) is 118 Å². The van der Waals surface area contributed by atoms with E-state index in [9.17, 15) is 9.59 Å². The first kappa shape index (κ1) is 60.6. The second-order valence-corrected chi connectivity index (χ2v) is 17.0. The number of carbonyl (C=O) groups is 2. The fourth-order valence-electron chi connectivity index (χ4n) is 6.99. The molecule has 1 unspecified atom stereocenters. The van der Waals surface area contributed by atoms with Crippen molar-refractivity contribution in [2.75, 3.05) is 19.8 Å². The normalized spacial score (nSPS) is 13.1. The van der Waals surface area contributed by atoms with Gasteiger partial charge in [0.1, 0.15) is 6.61 Å². The third kappa shape index (κ3) is 51.2. The van der Waals surface area contributed by atoms with Crippen LogP contribution in [-0.2, 0) is 23.8 Å². The van der Waals surface area contributed by atoms with Crippen LogP contribution in [0.5, 0.6) is 0 Å². The summed E-state index contributed by atoms with van der Waals surface area (Å²) in [5, 5.41) is 0. The Labute approximate surface area is 395 Å². The number of esters is 2. The summed E-state index contributed by atoms with van der Waals surface area (Å²) in [4.78, 5) is 25.4. The van der Waals surface area contributed by atoms with Crippen molar-refractivity contribution in [1.82, 2.24) is 0 Å². The Morgan fingerprint density at radius 3 is 1.20 bits per heavy atom. The second-order valence-electron chi connectivity index (χ2n) is 17.0. The van der Waals surface area contributed by atoms with E-state index in [1.807, 2.05) is 12.2 Å². The van der Waals surface area contributed by atoms with Gasteiger partial charge in [0.05, 0.1) is 13.0 Å². The van der Waals surface area contributed by atoms with Crippen LogP contribution in [-0.4, -0.2) is 37.9 Å². The van der Waals surface area contributed by atoms with E-state index >= 15 is 0 Å². The van der Waals surface area contributed by atoms with Crippen molar-refractivity contribution in [2.24, 2.45) is 0 Å². The first-order valence-corrected chi connectivity index (χ1v) is 26.4. The van der Waals surface area contributed by atoms with E-state index in [0.29, 0.717) is 13.0 Å². The van der Waals surface area contributed by atoms with Crippen molar-refractivity contribution in [3.63, 3.8) is 0 Å². The lowest BCUT2D eigenvalue weighted by Crippen LogP contribution is -2.29. The van der Waals surface area contributed by atoms with Crippen molar-refractivity contribution in [1.29, 1.82) is 0 Å². The Morgan fingerprint density at radius 1 is 0.375 bits per heavy atom. The van der Waals surface area contributed by atoms with Gasteiger partial charge >= 0.3 is 11.9 Å². The number of rotatable bonds is 47. The molecule has 0 spiro atoms. The zero-order valence-corrected chi connectivity index (χ0v) is 41.8. The standard InChI is InChI=1S/C59H98O5/c1-4-7-10-13-16-19-22-25-28-30-32-34-37-40-43-46-49-52-58(60)63-56-57(55-62-54-51-48-45-42-39-36-33-29-26-23-20-17-14-11-8-5-2)64-59(61)53-50-47-44-41-38-35-31-27-24-21-18-15-12-9-6-3/h7,9-10,12,16,18-19,21,25,27-28,31-32,34,38,41,47,50,57H,4-6,8,11,13-15,17,20,22-24,26,29-30,33,35-37,39-40,42-46,48-49,51-56H2,1-3H3/b10-7-,12-9-,19-16-,21-18-,28-25-,31-27-,34-32-,41-38-,50-47-. The number of carbonyl (C=O) groups excluding carboxylic acids is 2. The van der Waals surface area contributed by atoms with E-state index < -0.39 is 6.10 Å². The Balaban J connectivity index is 4.43. The fourth-order valence-corrected chi connectivity index (χ4v) is 6.99. The maximum atomic E-state index is 12.8. The van der Waals surface area contributed by atoms with Crippen molar-refractivity contribution in [3.8, 4) is 0 Å². The Morgan fingerprint density at radius 2 is 0.750 bits per heavy atom. The van der Waals surface area contributed by atoms with Crippen LogP contribution in [0.2, 0.25) is 0 Å². The molecule has 5 heteroatoms. The molecule has 0 fully saturated rings. The molecule has 0 saturated carbocycles. The molecule has 0 rings (SSSR count). The van der Waals surface area contributed by atoms with Gasteiger partial charge in [-0.3, -0.25) is 9.59 Å². The summed E-state index contributed by atoms with van der Waals surface area (Å²) >= 11 is 0. The minimum atomic E-state index is -0.605.